The summed E-state index contributed by atoms with van der Waals surface area (Å²) in [6, 6.07) is 56.0. The maximum atomic E-state index is 14.1. The molecular formula is C56H42F2N2O2. The molecule has 302 valence electrons. The van der Waals surface area contributed by atoms with E-state index in [-0.39, 0.29) is 11.6 Å². The second kappa shape index (κ2) is 14.6. The Morgan fingerprint density at radius 1 is 0.339 bits per heavy atom. The van der Waals surface area contributed by atoms with Crippen LogP contribution in [0.5, 0.6) is 0 Å². The Morgan fingerprint density at radius 3 is 1.05 bits per heavy atom. The van der Waals surface area contributed by atoms with Crippen molar-refractivity contribution in [1.29, 1.82) is 0 Å². The molecule has 9 aromatic carbocycles. The summed E-state index contributed by atoms with van der Waals surface area (Å²) in [6.45, 7) is 8.75. The van der Waals surface area contributed by atoms with Crippen molar-refractivity contribution in [3.8, 4) is 0 Å². The number of hydrogen-bond donors (Lipinski definition) is 0. The van der Waals surface area contributed by atoms with Crippen LogP contribution in [0.1, 0.15) is 50.7 Å². The highest BCUT2D eigenvalue weighted by Crippen LogP contribution is 2.44. The Morgan fingerprint density at radius 2 is 0.677 bits per heavy atom. The monoisotopic (exact) mass is 812 g/mol. The summed E-state index contributed by atoms with van der Waals surface area (Å²) in [6.07, 6.45) is 0. The molecule has 0 aliphatic rings. The molecule has 0 radical (unpaired) electrons. The van der Waals surface area contributed by atoms with Crippen LogP contribution in [0.15, 0.2) is 179 Å². The topological polar surface area (TPSA) is 32.8 Å². The summed E-state index contributed by atoms with van der Waals surface area (Å²) in [5.74, 6) is 0.288. The van der Waals surface area contributed by atoms with Crippen molar-refractivity contribution in [3.63, 3.8) is 0 Å². The van der Waals surface area contributed by atoms with E-state index >= 15 is 0 Å². The lowest BCUT2D eigenvalue weighted by Gasteiger charge is -2.26. The van der Waals surface area contributed by atoms with Gasteiger partial charge >= 0.3 is 0 Å². The molecule has 11 rings (SSSR count). The van der Waals surface area contributed by atoms with E-state index in [9.17, 15) is 8.78 Å². The number of nitrogens with zero attached hydrogens (tertiary/aromatic N) is 2. The van der Waals surface area contributed by atoms with Gasteiger partial charge in [-0.05, 0) is 161 Å². The molecule has 0 aliphatic carbocycles. The molecule has 11 aromatic rings. The quantitative estimate of drug-likeness (QED) is 0.153. The van der Waals surface area contributed by atoms with E-state index in [0.29, 0.717) is 11.8 Å². The summed E-state index contributed by atoms with van der Waals surface area (Å²) in [4.78, 5) is 4.31. The third-order valence-electron chi connectivity index (χ3n) is 12.3. The Hall–Kier alpha value is -7.44. The summed E-state index contributed by atoms with van der Waals surface area (Å²) >= 11 is 0. The Kier molecular flexibility index (Phi) is 8.86. The van der Waals surface area contributed by atoms with Gasteiger partial charge in [0.1, 0.15) is 34.0 Å². The van der Waals surface area contributed by atoms with Crippen LogP contribution in [0.4, 0.5) is 42.9 Å². The maximum absolute atomic E-state index is 14.1. The van der Waals surface area contributed by atoms with E-state index in [0.717, 1.165) is 99.5 Å². The fraction of sp³-hybridized carbons (Fsp3) is 0.107. The molecule has 0 aliphatic heterocycles. The maximum Gasteiger partial charge on any atom is 0.143 e. The molecule has 0 amide bonds. The van der Waals surface area contributed by atoms with Crippen LogP contribution in [0, 0.1) is 11.6 Å². The molecule has 0 bridgehead atoms. The van der Waals surface area contributed by atoms with Crippen molar-refractivity contribution in [3.05, 3.63) is 193 Å². The summed E-state index contributed by atoms with van der Waals surface area (Å²) in [5, 5.41) is 8.18. The van der Waals surface area contributed by atoms with Gasteiger partial charge in [-0.3, -0.25) is 0 Å². The third-order valence-corrected chi connectivity index (χ3v) is 12.3. The highest BCUT2D eigenvalue weighted by molar-refractivity contribution is 6.22. The molecule has 2 aromatic heterocycles. The van der Waals surface area contributed by atoms with Crippen molar-refractivity contribution < 1.29 is 17.6 Å². The van der Waals surface area contributed by atoms with Crippen molar-refractivity contribution >= 4 is 99.5 Å². The number of hydrogen-bond acceptors (Lipinski definition) is 4. The molecule has 0 unspecified atom stereocenters. The zero-order valence-corrected chi connectivity index (χ0v) is 34.8. The number of rotatable bonds is 8. The first-order chi connectivity index (χ1) is 30.2. The number of benzene rings is 9. The van der Waals surface area contributed by atoms with Gasteiger partial charge in [0.15, 0.2) is 0 Å². The minimum atomic E-state index is -0.271. The largest absolute Gasteiger partial charge is 0.455 e. The number of fused-ring (bicyclic) bond motifs is 10. The highest BCUT2D eigenvalue weighted by Gasteiger charge is 2.20. The van der Waals surface area contributed by atoms with E-state index in [1.54, 1.807) is 0 Å². The van der Waals surface area contributed by atoms with Crippen molar-refractivity contribution in [1.82, 2.24) is 0 Å². The van der Waals surface area contributed by atoms with E-state index in [2.05, 4.69) is 153 Å². The zero-order valence-electron chi connectivity index (χ0n) is 34.8. The SMILES string of the molecule is CC(C)c1ccc(N(c2ccc(F)cc2)c2ccc3c(ccc4c5cc6c(cc5oc34)oc3c4ccc(N(c5ccc(F)cc5)c5ccc(C(C)C)cc5)cc4ccc63)c2)cc1. The molecule has 0 atom stereocenters. The summed E-state index contributed by atoms with van der Waals surface area (Å²) in [5.41, 5.74) is 11.3. The second-order valence-corrected chi connectivity index (χ2v) is 16.9. The van der Waals surface area contributed by atoms with Crippen LogP contribution in [0.2, 0.25) is 0 Å². The Balaban J connectivity index is 0.984. The van der Waals surface area contributed by atoms with Gasteiger partial charge in [0.05, 0.1) is 0 Å². The molecule has 0 saturated heterocycles. The minimum absolute atomic E-state index is 0.271. The zero-order chi connectivity index (χ0) is 42.2. The van der Waals surface area contributed by atoms with Gasteiger partial charge in [-0.1, -0.05) is 64.1 Å². The summed E-state index contributed by atoms with van der Waals surface area (Å²) < 4.78 is 41.5. The summed E-state index contributed by atoms with van der Waals surface area (Å²) in [7, 11) is 0. The molecular weight excluding hydrogens is 771 g/mol. The predicted octanol–water partition coefficient (Wildman–Crippen LogP) is 17.3. The normalized spacial score (nSPS) is 12.0. The van der Waals surface area contributed by atoms with Crippen molar-refractivity contribution in [2.24, 2.45) is 0 Å². The average molecular weight is 813 g/mol. The Labute approximate surface area is 357 Å². The lowest BCUT2D eigenvalue weighted by atomic mass is 10.0. The molecule has 2 heterocycles. The van der Waals surface area contributed by atoms with E-state index in [1.165, 1.54) is 35.4 Å². The highest BCUT2D eigenvalue weighted by atomic mass is 19.1. The van der Waals surface area contributed by atoms with Gasteiger partial charge in [-0.15, -0.1) is 0 Å². The lowest BCUT2D eigenvalue weighted by Crippen LogP contribution is -2.10. The van der Waals surface area contributed by atoms with Gasteiger partial charge < -0.3 is 18.6 Å². The van der Waals surface area contributed by atoms with Gasteiger partial charge in [0.2, 0.25) is 0 Å². The van der Waals surface area contributed by atoms with Crippen LogP contribution >= 0.6 is 0 Å². The molecule has 62 heavy (non-hydrogen) atoms. The van der Waals surface area contributed by atoms with Gasteiger partial charge in [-0.25, -0.2) is 8.78 Å². The number of halogens is 2. The molecule has 0 saturated carbocycles. The van der Waals surface area contributed by atoms with Gasteiger partial charge in [0.25, 0.3) is 0 Å². The molecule has 0 N–H and O–H groups in total. The average Bonchev–Trinajstić information content (AvgIpc) is 3.85. The van der Waals surface area contributed by atoms with E-state index in [4.69, 9.17) is 8.83 Å². The predicted molar refractivity (Wildman–Crippen MR) is 253 cm³/mol. The fourth-order valence-electron chi connectivity index (χ4n) is 8.96. The molecule has 0 fully saturated rings. The van der Waals surface area contributed by atoms with E-state index in [1.807, 2.05) is 30.3 Å². The van der Waals surface area contributed by atoms with Crippen LogP contribution in [0.25, 0.3) is 65.4 Å². The minimum Gasteiger partial charge on any atom is -0.455 e. The first-order valence-corrected chi connectivity index (χ1v) is 21.2. The van der Waals surface area contributed by atoms with Crippen LogP contribution < -0.4 is 9.80 Å². The van der Waals surface area contributed by atoms with Gasteiger partial charge in [-0.2, -0.15) is 0 Å². The van der Waals surface area contributed by atoms with Crippen LogP contribution in [-0.2, 0) is 0 Å². The molecule has 6 heteroatoms. The number of anilines is 6. The first-order valence-electron chi connectivity index (χ1n) is 21.2. The molecule has 4 nitrogen and oxygen atoms in total. The van der Waals surface area contributed by atoms with Crippen LogP contribution in [-0.4, -0.2) is 0 Å². The second-order valence-electron chi connectivity index (χ2n) is 16.9. The Bertz CT molecular complexity index is 3250. The fourth-order valence-corrected chi connectivity index (χ4v) is 8.96. The number of furan rings is 2. The lowest BCUT2D eigenvalue weighted by molar-refractivity contribution is 0.627. The standard InChI is InChI=1S/C56H42F2N2O2/c1-33(2)35-5-15-41(16-6-35)59(43-19-11-39(57)12-20-43)45-23-27-47-37(29-45)9-25-49-51-31-52-50-26-10-38-30-46(24-28-48(38)56(50)62-54(52)32-53(51)61-55(47)49)60(44-21-13-40(58)14-22-44)42-17-7-36(8-18-42)34(3)4/h5-34H,1-4H3. The van der Waals surface area contributed by atoms with Gasteiger partial charge in [0, 0.05) is 72.5 Å². The molecule has 0 spiro atoms. The van der Waals surface area contributed by atoms with E-state index < -0.39 is 0 Å². The van der Waals surface area contributed by atoms with Crippen molar-refractivity contribution in [2.75, 3.05) is 9.80 Å². The van der Waals surface area contributed by atoms with Crippen molar-refractivity contribution in [2.45, 2.75) is 39.5 Å². The van der Waals surface area contributed by atoms with Crippen LogP contribution in [0.3, 0.4) is 0 Å². The first kappa shape index (κ1) is 37.6. The third kappa shape index (κ3) is 6.33. The smallest absolute Gasteiger partial charge is 0.143 e.